The highest BCUT2D eigenvalue weighted by Gasteiger charge is 2.18. The molecule has 6 nitrogen and oxygen atoms in total. The molecule has 6 heteroatoms. The summed E-state index contributed by atoms with van der Waals surface area (Å²) >= 11 is 0. The molecule has 0 aromatic rings. The molecule has 3 N–H and O–H groups in total. The van der Waals surface area contributed by atoms with Crippen LogP contribution in [0.4, 0.5) is 0 Å². The Bertz CT molecular complexity index is 982. The molecule has 0 saturated heterocycles. The van der Waals surface area contributed by atoms with Crippen molar-refractivity contribution >= 4 is 11.9 Å². The Balaban J connectivity index is 3.40. The highest BCUT2D eigenvalue weighted by Crippen LogP contribution is 2.16. The first kappa shape index (κ1) is 61.3. The maximum atomic E-state index is 12.4. The average Bonchev–Trinajstić information content (AvgIpc) is 3.28. The van der Waals surface area contributed by atoms with Crippen LogP contribution in [0.2, 0.25) is 0 Å². The number of rotatable bonds is 52. The van der Waals surface area contributed by atoms with E-state index in [-0.39, 0.29) is 18.5 Å². The summed E-state index contributed by atoms with van der Waals surface area (Å²) in [5.41, 5.74) is 0. The number of esters is 1. The van der Waals surface area contributed by atoms with Gasteiger partial charge in [0.25, 0.3) is 0 Å². The van der Waals surface area contributed by atoms with Crippen LogP contribution in [0, 0.1) is 0 Å². The van der Waals surface area contributed by atoms with Crippen molar-refractivity contribution in [1.82, 2.24) is 5.32 Å². The van der Waals surface area contributed by atoms with Gasteiger partial charge in [-0.05, 0) is 57.8 Å². The number of ether oxygens (including phenoxy) is 1. The van der Waals surface area contributed by atoms with Crippen molar-refractivity contribution in [3.63, 3.8) is 0 Å². The van der Waals surface area contributed by atoms with Gasteiger partial charge in [-0.3, -0.25) is 9.59 Å². The number of nitrogens with one attached hydrogen (secondary N) is 1. The van der Waals surface area contributed by atoms with Crippen LogP contribution in [0.25, 0.3) is 0 Å². The summed E-state index contributed by atoms with van der Waals surface area (Å²) in [6.45, 7) is 4.89. The Kier molecular flexibility index (Phi) is 51.6. The molecule has 0 heterocycles. The third-order valence-corrected chi connectivity index (χ3v) is 13.0. The molecule has 0 fully saturated rings. The largest absolute Gasteiger partial charge is 0.466 e. The van der Waals surface area contributed by atoms with Gasteiger partial charge in [0.15, 0.2) is 0 Å². The Labute approximate surface area is 392 Å². The fourth-order valence-electron chi connectivity index (χ4n) is 8.63. The Morgan fingerprint density at radius 3 is 1.13 bits per heavy atom. The van der Waals surface area contributed by atoms with Crippen molar-refractivity contribution in [2.24, 2.45) is 0 Å². The average molecular weight is 889 g/mol. The highest BCUT2D eigenvalue weighted by molar-refractivity contribution is 5.76. The number of carbonyl (C=O) groups excluding carboxylic acids is 2. The summed E-state index contributed by atoms with van der Waals surface area (Å²) < 4.78 is 5.48. The lowest BCUT2D eigenvalue weighted by atomic mass is 10.0. The van der Waals surface area contributed by atoms with Gasteiger partial charge in [0.2, 0.25) is 5.91 Å². The minimum Gasteiger partial charge on any atom is -0.466 e. The van der Waals surface area contributed by atoms with Gasteiger partial charge in [-0.2, -0.15) is 0 Å². The number of hydrogen-bond acceptors (Lipinski definition) is 5. The second-order valence-corrected chi connectivity index (χ2v) is 19.3. The van der Waals surface area contributed by atoms with E-state index in [0.717, 1.165) is 44.9 Å². The van der Waals surface area contributed by atoms with Crippen LogP contribution in [0.1, 0.15) is 303 Å². The number of hydrogen-bond donors (Lipinski definition) is 3. The number of allylic oxidation sites excluding steroid dienone is 3. The number of aliphatic hydroxyl groups is 2. The third kappa shape index (κ3) is 49.6. The van der Waals surface area contributed by atoms with Crippen molar-refractivity contribution in [3.8, 4) is 0 Å². The summed E-state index contributed by atoms with van der Waals surface area (Å²) in [6, 6.07) is -0.630. The molecular formula is C57H109NO5. The monoisotopic (exact) mass is 888 g/mol. The maximum absolute atomic E-state index is 12.4. The molecule has 0 spiro atoms. The molecule has 1 amide bonds. The molecule has 0 aromatic heterocycles. The van der Waals surface area contributed by atoms with Crippen LogP contribution < -0.4 is 5.32 Å². The van der Waals surface area contributed by atoms with E-state index in [2.05, 4.69) is 31.3 Å². The van der Waals surface area contributed by atoms with Crippen LogP contribution in [-0.2, 0) is 14.3 Å². The quantitative estimate of drug-likeness (QED) is 0.0321. The van der Waals surface area contributed by atoms with E-state index < -0.39 is 12.1 Å². The zero-order valence-corrected chi connectivity index (χ0v) is 42.3. The molecule has 0 aliphatic rings. The van der Waals surface area contributed by atoms with Gasteiger partial charge in [-0.25, -0.2) is 0 Å². The van der Waals surface area contributed by atoms with Gasteiger partial charge in [0.05, 0.1) is 25.4 Å². The molecule has 0 aliphatic carbocycles. The van der Waals surface area contributed by atoms with E-state index in [9.17, 15) is 19.8 Å². The summed E-state index contributed by atoms with van der Waals surface area (Å²) in [4.78, 5) is 24.4. The predicted molar refractivity (Wildman–Crippen MR) is 273 cm³/mol. The molecule has 2 unspecified atom stereocenters. The summed E-state index contributed by atoms with van der Waals surface area (Å²) in [6.07, 6.45) is 63.5. The first-order valence-corrected chi connectivity index (χ1v) is 28.1. The predicted octanol–water partition coefficient (Wildman–Crippen LogP) is 17.1. The van der Waals surface area contributed by atoms with Crippen molar-refractivity contribution < 1.29 is 24.5 Å². The second kappa shape index (κ2) is 53.0. The topological polar surface area (TPSA) is 95.9 Å². The first-order valence-electron chi connectivity index (χ1n) is 28.1. The molecule has 0 saturated carbocycles. The molecule has 0 aliphatic heterocycles. The van der Waals surface area contributed by atoms with Crippen LogP contribution in [0.5, 0.6) is 0 Å². The van der Waals surface area contributed by atoms with Crippen molar-refractivity contribution in [2.45, 2.75) is 315 Å². The third-order valence-electron chi connectivity index (χ3n) is 13.0. The molecule has 0 radical (unpaired) electrons. The molecule has 0 bridgehead atoms. The lowest BCUT2D eigenvalue weighted by Gasteiger charge is -2.20. The lowest BCUT2D eigenvalue weighted by molar-refractivity contribution is -0.143. The fraction of sp³-hybridized carbons (Fsp3) is 0.895. The summed E-state index contributed by atoms with van der Waals surface area (Å²) in [5, 5.41) is 22.9. The number of amides is 1. The van der Waals surface area contributed by atoms with Gasteiger partial charge in [-0.15, -0.1) is 0 Å². The van der Waals surface area contributed by atoms with Gasteiger partial charge < -0.3 is 20.3 Å². The Morgan fingerprint density at radius 1 is 0.429 bits per heavy atom. The van der Waals surface area contributed by atoms with E-state index in [1.165, 1.54) is 231 Å². The van der Waals surface area contributed by atoms with E-state index in [4.69, 9.17) is 4.74 Å². The summed E-state index contributed by atoms with van der Waals surface area (Å²) in [5.74, 6) is -0.0652. The van der Waals surface area contributed by atoms with Gasteiger partial charge in [0, 0.05) is 12.8 Å². The van der Waals surface area contributed by atoms with Crippen molar-refractivity contribution in [1.29, 1.82) is 0 Å². The molecule has 372 valence electrons. The normalized spacial score (nSPS) is 12.8. The van der Waals surface area contributed by atoms with Crippen LogP contribution in [0.3, 0.4) is 0 Å². The van der Waals surface area contributed by atoms with E-state index in [1.54, 1.807) is 6.08 Å². The molecule has 0 rings (SSSR count). The highest BCUT2D eigenvalue weighted by atomic mass is 16.5. The zero-order valence-electron chi connectivity index (χ0n) is 42.3. The number of unbranched alkanes of at least 4 members (excludes halogenated alkanes) is 39. The van der Waals surface area contributed by atoms with Gasteiger partial charge in [0.1, 0.15) is 0 Å². The fourth-order valence-corrected chi connectivity index (χ4v) is 8.63. The number of carbonyl (C=O) groups is 2. The maximum Gasteiger partial charge on any atom is 0.305 e. The van der Waals surface area contributed by atoms with Crippen LogP contribution in [-0.4, -0.2) is 47.4 Å². The minimum atomic E-state index is -0.846. The van der Waals surface area contributed by atoms with Crippen LogP contribution in [0.15, 0.2) is 24.3 Å². The first-order chi connectivity index (χ1) is 31.0. The SMILES string of the molecule is CCCCCCCCCC/C=C/C(O)C(CO)NC(=O)CCCCCCCCC/C=C\CCCCCCCCCCCCCOC(=O)CCCCCCCCCCCCCCCC. The van der Waals surface area contributed by atoms with E-state index >= 15 is 0 Å². The summed E-state index contributed by atoms with van der Waals surface area (Å²) in [7, 11) is 0. The smallest absolute Gasteiger partial charge is 0.305 e. The Morgan fingerprint density at radius 2 is 0.746 bits per heavy atom. The van der Waals surface area contributed by atoms with Gasteiger partial charge in [-0.1, -0.05) is 256 Å². The second-order valence-electron chi connectivity index (χ2n) is 19.3. The minimum absolute atomic E-state index is 0.0114. The number of aliphatic hydroxyl groups excluding tert-OH is 2. The standard InChI is InChI=1S/C57H109NO5/c1-3-5-7-9-11-13-15-16-28-31-35-39-43-47-51-57(62)63-52-48-44-40-36-32-29-26-24-22-20-18-17-19-21-23-25-27-30-34-38-42-46-50-56(61)58-54(53-59)55(60)49-45-41-37-33-14-12-10-8-6-4-2/h19,21,45,49,54-55,59-60H,3-18,20,22-44,46-48,50-53H2,1-2H3,(H,58,61)/b21-19-,49-45+. The Hall–Kier alpha value is -1.66. The molecule has 0 aromatic carbocycles. The van der Waals surface area contributed by atoms with Crippen molar-refractivity contribution in [2.75, 3.05) is 13.2 Å². The molecular weight excluding hydrogens is 779 g/mol. The van der Waals surface area contributed by atoms with E-state index in [1.807, 2.05) is 6.08 Å². The molecule has 63 heavy (non-hydrogen) atoms. The lowest BCUT2D eigenvalue weighted by Crippen LogP contribution is -2.45. The van der Waals surface area contributed by atoms with Crippen LogP contribution >= 0.6 is 0 Å². The van der Waals surface area contributed by atoms with Gasteiger partial charge >= 0.3 is 5.97 Å². The molecule has 2 atom stereocenters. The zero-order chi connectivity index (χ0) is 45.8. The van der Waals surface area contributed by atoms with Crippen molar-refractivity contribution in [3.05, 3.63) is 24.3 Å². The van der Waals surface area contributed by atoms with E-state index in [0.29, 0.717) is 19.4 Å².